The lowest BCUT2D eigenvalue weighted by Gasteiger charge is -2.19. The van der Waals surface area contributed by atoms with Crippen molar-refractivity contribution < 1.29 is 13.5 Å². The number of nitrogens with one attached hydrogen (secondary N) is 1. The molecule has 0 heterocycles. The standard InChI is InChI=1S/C15H14BrF2NO/c1-19-15(9-3-5-11(20-2)6-4-9)14-12(17)7-10(16)8-13(14)18/h3-8,15,19H,1-2H3. The first-order valence-electron chi connectivity index (χ1n) is 6.02. The molecule has 2 rings (SSSR count). The Kier molecular flexibility index (Phi) is 4.73. The Bertz CT molecular complexity index is 578. The number of methoxy groups -OCH3 is 1. The van der Waals surface area contributed by atoms with Crippen LogP contribution in [0.5, 0.6) is 5.75 Å². The van der Waals surface area contributed by atoms with E-state index in [0.29, 0.717) is 10.2 Å². The normalized spacial score (nSPS) is 12.2. The van der Waals surface area contributed by atoms with Gasteiger partial charge in [-0.05, 0) is 36.9 Å². The van der Waals surface area contributed by atoms with E-state index in [2.05, 4.69) is 21.2 Å². The van der Waals surface area contributed by atoms with Crippen LogP contribution in [0.1, 0.15) is 17.2 Å². The van der Waals surface area contributed by atoms with Crippen molar-refractivity contribution in [3.63, 3.8) is 0 Å². The minimum absolute atomic E-state index is 0.000803. The molecule has 106 valence electrons. The largest absolute Gasteiger partial charge is 0.497 e. The van der Waals surface area contributed by atoms with E-state index in [1.165, 1.54) is 12.1 Å². The summed E-state index contributed by atoms with van der Waals surface area (Å²) in [4.78, 5) is 0. The predicted molar refractivity (Wildman–Crippen MR) is 78.0 cm³/mol. The molecule has 0 saturated heterocycles. The minimum Gasteiger partial charge on any atom is -0.497 e. The summed E-state index contributed by atoms with van der Waals surface area (Å²) < 4.78 is 33.5. The molecule has 0 aromatic heterocycles. The highest BCUT2D eigenvalue weighted by molar-refractivity contribution is 9.10. The summed E-state index contributed by atoms with van der Waals surface area (Å²) in [5.41, 5.74) is 0.759. The molecular formula is C15H14BrF2NO. The van der Waals surface area contributed by atoms with Crippen LogP contribution in [0, 0.1) is 11.6 Å². The second-order valence-corrected chi connectivity index (χ2v) is 5.19. The Morgan fingerprint density at radius 2 is 1.65 bits per heavy atom. The van der Waals surface area contributed by atoms with E-state index in [4.69, 9.17) is 4.74 Å². The molecule has 0 fully saturated rings. The van der Waals surface area contributed by atoms with Crippen molar-refractivity contribution in [2.24, 2.45) is 0 Å². The van der Waals surface area contributed by atoms with Crippen molar-refractivity contribution in [1.82, 2.24) is 5.32 Å². The first-order valence-corrected chi connectivity index (χ1v) is 6.81. The molecule has 0 aliphatic heterocycles. The van der Waals surface area contributed by atoms with Gasteiger partial charge in [-0.3, -0.25) is 0 Å². The molecular weight excluding hydrogens is 328 g/mol. The topological polar surface area (TPSA) is 21.3 Å². The van der Waals surface area contributed by atoms with E-state index in [0.717, 1.165) is 5.56 Å². The number of hydrogen-bond acceptors (Lipinski definition) is 2. The SMILES string of the molecule is CNC(c1ccc(OC)cc1)c1c(F)cc(Br)cc1F. The van der Waals surface area contributed by atoms with Crippen molar-refractivity contribution in [3.05, 3.63) is 63.6 Å². The van der Waals surface area contributed by atoms with Crippen LogP contribution in [0.2, 0.25) is 0 Å². The zero-order chi connectivity index (χ0) is 14.7. The maximum absolute atomic E-state index is 14.0. The van der Waals surface area contributed by atoms with E-state index in [-0.39, 0.29) is 5.56 Å². The van der Waals surface area contributed by atoms with Gasteiger partial charge in [0.05, 0.1) is 13.2 Å². The van der Waals surface area contributed by atoms with Gasteiger partial charge >= 0.3 is 0 Å². The highest BCUT2D eigenvalue weighted by atomic mass is 79.9. The third-order valence-corrected chi connectivity index (χ3v) is 3.53. The van der Waals surface area contributed by atoms with Gasteiger partial charge in [-0.25, -0.2) is 8.78 Å². The van der Waals surface area contributed by atoms with Crippen molar-refractivity contribution in [2.75, 3.05) is 14.2 Å². The van der Waals surface area contributed by atoms with E-state index in [1.54, 1.807) is 38.4 Å². The smallest absolute Gasteiger partial charge is 0.132 e. The molecule has 20 heavy (non-hydrogen) atoms. The molecule has 0 radical (unpaired) electrons. The summed E-state index contributed by atoms with van der Waals surface area (Å²) in [5.74, 6) is -0.487. The third-order valence-electron chi connectivity index (χ3n) is 3.07. The number of hydrogen-bond donors (Lipinski definition) is 1. The molecule has 1 unspecified atom stereocenters. The van der Waals surface area contributed by atoms with Crippen LogP contribution >= 0.6 is 15.9 Å². The van der Waals surface area contributed by atoms with Gasteiger partial charge < -0.3 is 10.1 Å². The number of benzene rings is 2. The lowest BCUT2D eigenvalue weighted by Crippen LogP contribution is -2.20. The van der Waals surface area contributed by atoms with Crippen LogP contribution < -0.4 is 10.1 Å². The fraction of sp³-hybridized carbons (Fsp3) is 0.200. The van der Waals surface area contributed by atoms with Crippen LogP contribution in [0.25, 0.3) is 0 Å². The molecule has 0 aliphatic rings. The Morgan fingerprint density at radius 3 is 2.10 bits per heavy atom. The Morgan fingerprint density at radius 1 is 1.10 bits per heavy atom. The van der Waals surface area contributed by atoms with Crippen LogP contribution in [0.4, 0.5) is 8.78 Å². The van der Waals surface area contributed by atoms with Crippen molar-refractivity contribution in [1.29, 1.82) is 0 Å². The monoisotopic (exact) mass is 341 g/mol. The highest BCUT2D eigenvalue weighted by Crippen LogP contribution is 2.30. The molecule has 5 heteroatoms. The Hall–Kier alpha value is -1.46. The molecule has 0 aliphatic carbocycles. The maximum Gasteiger partial charge on any atom is 0.132 e. The minimum atomic E-state index is -0.591. The lowest BCUT2D eigenvalue weighted by molar-refractivity contribution is 0.414. The fourth-order valence-electron chi connectivity index (χ4n) is 2.10. The maximum atomic E-state index is 14.0. The average molecular weight is 342 g/mol. The summed E-state index contributed by atoms with van der Waals surface area (Å²) in [6, 6.07) is 9.03. The summed E-state index contributed by atoms with van der Waals surface area (Å²) >= 11 is 3.08. The average Bonchev–Trinajstić information content (AvgIpc) is 2.43. The summed E-state index contributed by atoms with van der Waals surface area (Å²) in [7, 11) is 3.23. The van der Waals surface area contributed by atoms with Gasteiger partial charge in [0.25, 0.3) is 0 Å². The molecule has 0 amide bonds. The number of rotatable bonds is 4. The van der Waals surface area contributed by atoms with Gasteiger partial charge in [-0.1, -0.05) is 28.1 Å². The highest BCUT2D eigenvalue weighted by Gasteiger charge is 2.21. The summed E-state index contributed by atoms with van der Waals surface area (Å²) in [6.45, 7) is 0. The molecule has 0 spiro atoms. The third kappa shape index (κ3) is 2.99. The van der Waals surface area contributed by atoms with E-state index < -0.39 is 17.7 Å². The first kappa shape index (κ1) is 14.9. The van der Waals surface area contributed by atoms with E-state index in [9.17, 15) is 8.78 Å². The first-order chi connectivity index (χ1) is 9.56. The fourth-order valence-corrected chi connectivity index (χ4v) is 2.51. The molecule has 2 aromatic rings. The molecule has 0 bridgehead atoms. The number of halogens is 3. The molecule has 2 aromatic carbocycles. The van der Waals surface area contributed by atoms with Crippen molar-refractivity contribution in [3.8, 4) is 5.75 Å². The summed E-state index contributed by atoms with van der Waals surface area (Å²) in [5, 5.41) is 2.94. The van der Waals surface area contributed by atoms with Crippen LogP contribution in [0.15, 0.2) is 40.9 Å². The Labute approximate surface area is 124 Å². The molecule has 1 N–H and O–H groups in total. The van der Waals surface area contributed by atoms with Gasteiger partial charge in [0, 0.05) is 10.0 Å². The predicted octanol–water partition coefficient (Wildman–Crippen LogP) is 4.04. The van der Waals surface area contributed by atoms with Gasteiger partial charge in [-0.2, -0.15) is 0 Å². The van der Waals surface area contributed by atoms with Crippen molar-refractivity contribution >= 4 is 15.9 Å². The van der Waals surface area contributed by atoms with Gasteiger partial charge in [0.2, 0.25) is 0 Å². The zero-order valence-electron chi connectivity index (χ0n) is 11.1. The quantitative estimate of drug-likeness (QED) is 0.905. The van der Waals surface area contributed by atoms with E-state index in [1.807, 2.05) is 0 Å². The summed E-state index contributed by atoms with van der Waals surface area (Å²) in [6.07, 6.45) is 0. The second kappa shape index (κ2) is 6.33. The molecule has 1 atom stereocenters. The van der Waals surface area contributed by atoms with Crippen LogP contribution in [0.3, 0.4) is 0 Å². The zero-order valence-corrected chi connectivity index (χ0v) is 12.7. The van der Waals surface area contributed by atoms with Crippen LogP contribution in [-0.4, -0.2) is 14.2 Å². The van der Waals surface area contributed by atoms with Gasteiger partial charge in [0.1, 0.15) is 17.4 Å². The second-order valence-electron chi connectivity index (χ2n) is 4.28. The lowest BCUT2D eigenvalue weighted by atomic mass is 9.97. The van der Waals surface area contributed by atoms with Gasteiger partial charge in [-0.15, -0.1) is 0 Å². The van der Waals surface area contributed by atoms with Crippen LogP contribution in [-0.2, 0) is 0 Å². The van der Waals surface area contributed by atoms with Crippen molar-refractivity contribution in [2.45, 2.75) is 6.04 Å². The number of ether oxygens (including phenoxy) is 1. The molecule has 0 saturated carbocycles. The van der Waals surface area contributed by atoms with E-state index >= 15 is 0 Å². The molecule has 2 nitrogen and oxygen atoms in total. The Balaban J connectivity index is 2.46. The van der Waals surface area contributed by atoms with Gasteiger partial charge in [0.15, 0.2) is 0 Å².